The van der Waals surface area contributed by atoms with Crippen LogP contribution in [0.3, 0.4) is 0 Å². The van der Waals surface area contributed by atoms with Crippen LogP contribution in [0.1, 0.15) is 82.8 Å². The second-order valence-corrected chi connectivity index (χ2v) is 8.12. The molecule has 0 aliphatic rings. The van der Waals surface area contributed by atoms with E-state index < -0.39 is 17.4 Å². The first-order valence-electron chi connectivity index (χ1n) is 11.1. The molecule has 166 valence electrons. The van der Waals surface area contributed by atoms with E-state index in [0.717, 1.165) is 12.0 Å². The second-order valence-electron chi connectivity index (χ2n) is 8.12. The van der Waals surface area contributed by atoms with Gasteiger partial charge in [0.1, 0.15) is 0 Å². The Bertz CT molecular complexity index is 686. The largest absolute Gasteiger partial charge is 0.480 e. The van der Waals surface area contributed by atoms with Gasteiger partial charge in [-0.05, 0) is 30.9 Å². The Labute approximate surface area is 181 Å². The third-order valence-electron chi connectivity index (χ3n) is 5.40. The summed E-state index contributed by atoms with van der Waals surface area (Å²) in [6.07, 6.45) is 11.6. The van der Waals surface area contributed by atoms with Crippen LogP contribution in [0.5, 0.6) is 0 Å². The fourth-order valence-electron chi connectivity index (χ4n) is 3.10. The number of hydrogen-bond donors (Lipinski definition) is 3. The summed E-state index contributed by atoms with van der Waals surface area (Å²) in [7, 11) is 0. The van der Waals surface area contributed by atoms with Gasteiger partial charge in [0, 0.05) is 13.0 Å². The normalized spacial score (nSPS) is 11.0. The van der Waals surface area contributed by atoms with Crippen molar-refractivity contribution in [3.63, 3.8) is 0 Å². The highest BCUT2D eigenvalue weighted by atomic mass is 16.4. The van der Waals surface area contributed by atoms with Crippen LogP contribution < -0.4 is 5.32 Å². The van der Waals surface area contributed by atoms with Crippen LogP contribution in [-0.4, -0.2) is 28.7 Å². The molecule has 0 unspecified atom stereocenters. The fraction of sp³-hybridized carbons (Fsp3) is 0.600. The van der Waals surface area contributed by atoms with Crippen molar-refractivity contribution in [3.05, 3.63) is 35.4 Å². The van der Waals surface area contributed by atoms with E-state index in [1.54, 1.807) is 0 Å². The Morgan fingerprint density at radius 1 is 0.867 bits per heavy atom. The number of aryl methyl sites for hydroxylation is 1. The highest BCUT2D eigenvalue weighted by Crippen LogP contribution is 2.21. The van der Waals surface area contributed by atoms with Gasteiger partial charge in [-0.25, -0.2) is 0 Å². The summed E-state index contributed by atoms with van der Waals surface area (Å²) in [4.78, 5) is 22.2. The quantitative estimate of drug-likeness (QED) is 0.212. The number of carbonyl (C=O) groups is 2. The van der Waals surface area contributed by atoms with Gasteiger partial charge in [0.25, 0.3) is 0 Å². The van der Waals surface area contributed by atoms with E-state index in [1.807, 2.05) is 0 Å². The van der Waals surface area contributed by atoms with E-state index in [4.69, 9.17) is 10.2 Å². The molecule has 3 N–H and O–H groups in total. The summed E-state index contributed by atoms with van der Waals surface area (Å²) in [6.45, 7) is 4.48. The summed E-state index contributed by atoms with van der Waals surface area (Å²) in [5, 5.41) is 21.2. The number of nitrogens with one attached hydrogen (secondary N) is 1. The molecule has 1 aromatic rings. The van der Waals surface area contributed by atoms with Gasteiger partial charge in [-0.1, -0.05) is 82.1 Å². The summed E-state index contributed by atoms with van der Waals surface area (Å²) in [6, 6.07) is 8.59. The SMILES string of the molecule is CCCCCCCCCCc1ccc(CNCC#CCC(C)(C(=O)O)C(=O)O)cc1. The maximum atomic E-state index is 11.1. The third kappa shape index (κ3) is 9.93. The lowest BCUT2D eigenvalue weighted by Crippen LogP contribution is -2.35. The van der Waals surface area contributed by atoms with E-state index in [-0.39, 0.29) is 6.42 Å². The molecule has 0 saturated heterocycles. The predicted molar refractivity (Wildman–Crippen MR) is 120 cm³/mol. The summed E-state index contributed by atoms with van der Waals surface area (Å²) in [5.41, 5.74) is 0.668. The molecule has 5 nitrogen and oxygen atoms in total. The van der Waals surface area contributed by atoms with E-state index in [0.29, 0.717) is 13.1 Å². The van der Waals surface area contributed by atoms with Crippen molar-refractivity contribution in [1.82, 2.24) is 5.32 Å². The molecule has 0 aliphatic heterocycles. The van der Waals surface area contributed by atoms with Crippen LogP contribution in [0.15, 0.2) is 24.3 Å². The number of aliphatic carboxylic acids is 2. The topological polar surface area (TPSA) is 86.6 Å². The van der Waals surface area contributed by atoms with Crippen LogP contribution in [-0.2, 0) is 22.6 Å². The number of carboxylic acids is 2. The van der Waals surface area contributed by atoms with Gasteiger partial charge in [0.15, 0.2) is 5.41 Å². The van der Waals surface area contributed by atoms with Crippen LogP contribution in [0, 0.1) is 17.3 Å². The van der Waals surface area contributed by atoms with Crippen LogP contribution in [0.4, 0.5) is 0 Å². The first-order chi connectivity index (χ1) is 14.4. The lowest BCUT2D eigenvalue weighted by Gasteiger charge is -2.15. The molecule has 0 bridgehead atoms. The number of hydrogen-bond acceptors (Lipinski definition) is 3. The van der Waals surface area contributed by atoms with Gasteiger partial charge in [0.2, 0.25) is 0 Å². The van der Waals surface area contributed by atoms with Gasteiger partial charge >= 0.3 is 11.9 Å². The molecular weight excluding hydrogens is 378 g/mol. The van der Waals surface area contributed by atoms with Gasteiger partial charge in [-0.3, -0.25) is 9.59 Å². The minimum atomic E-state index is -1.86. The molecule has 1 rings (SSSR count). The molecule has 0 radical (unpaired) electrons. The van der Waals surface area contributed by atoms with Gasteiger partial charge < -0.3 is 15.5 Å². The number of benzene rings is 1. The lowest BCUT2D eigenvalue weighted by molar-refractivity contribution is -0.162. The molecule has 30 heavy (non-hydrogen) atoms. The maximum absolute atomic E-state index is 11.1. The van der Waals surface area contributed by atoms with Crippen LogP contribution in [0.25, 0.3) is 0 Å². The first-order valence-corrected chi connectivity index (χ1v) is 11.1. The van der Waals surface area contributed by atoms with Crippen molar-refractivity contribution >= 4 is 11.9 Å². The average Bonchev–Trinajstić information content (AvgIpc) is 2.73. The zero-order valence-electron chi connectivity index (χ0n) is 18.5. The molecular formula is C25H37NO4. The highest BCUT2D eigenvalue weighted by molar-refractivity contribution is 5.98. The third-order valence-corrected chi connectivity index (χ3v) is 5.40. The Hall–Kier alpha value is -2.32. The molecule has 0 aliphatic carbocycles. The van der Waals surface area contributed by atoms with Crippen molar-refractivity contribution in [3.8, 4) is 11.8 Å². The van der Waals surface area contributed by atoms with Crippen molar-refractivity contribution in [2.75, 3.05) is 6.54 Å². The molecule has 1 aromatic carbocycles. The first kappa shape index (κ1) is 25.7. The zero-order chi connectivity index (χ0) is 22.2. The van der Waals surface area contributed by atoms with E-state index in [2.05, 4.69) is 48.3 Å². The lowest BCUT2D eigenvalue weighted by atomic mass is 9.87. The van der Waals surface area contributed by atoms with Crippen molar-refractivity contribution in [2.45, 2.75) is 84.6 Å². The van der Waals surface area contributed by atoms with E-state index >= 15 is 0 Å². The van der Waals surface area contributed by atoms with Gasteiger partial charge in [0.05, 0.1) is 6.54 Å². The Morgan fingerprint density at radius 3 is 1.97 bits per heavy atom. The maximum Gasteiger partial charge on any atom is 0.321 e. The second kappa shape index (κ2) is 14.6. The summed E-state index contributed by atoms with van der Waals surface area (Å²) >= 11 is 0. The van der Waals surface area contributed by atoms with Crippen LogP contribution in [0.2, 0.25) is 0 Å². The monoisotopic (exact) mass is 415 g/mol. The number of carboxylic acid groups (broad SMARTS) is 2. The van der Waals surface area contributed by atoms with Crippen molar-refractivity contribution in [2.24, 2.45) is 5.41 Å². The summed E-state index contributed by atoms with van der Waals surface area (Å²) < 4.78 is 0. The van der Waals surface area contributed by atoms with E-state index in [1.165, 1.54) is 63.9 Å². The molecule has 0 amide bonds. The van der Waals surface area contributed by atoms with Crippen molar-refractivity contribution in [1.29, 1.82) is 0 Å². The minimum Gasteiger partial charge on any atom is -0.480 e. The number of rotatable bonds is 15. The molecule has 0 heterocycles. The standard InChI is InChI=1S/C25H37NO4/c1-3-4-5-6-7-8-9-10-13-21-14-16-22(17-15-21)20-26-19-12-11-18-25(2,23(27)28)24(29)30/h14-17,26H,3-10,13,18-20H2,1-2H3,(H,27,28)(H,29,30). The molecule has 0 aromatic heterocycles. The number of unbranched alkanes of at least 4 members (excludes halogenated alkanes) is 7. The molecule has 0 spiro atoms. The molecule has 0 atom stereocenters. The smallest absolute Gasteiger partial charge is 0.321 e. The van der Waals surface area contributed by atoms with Crippen molar-refractivity contribution < 1.29 is 19.8 Å². The molecule has 5 heteroatoms. The van der Waals surface area contributed by atoms with E-state index in [9.17, 15) is 9.59 Å². The van der Waals surface area contributed by atoms with Crippen LogP contribution >= 0.6 is 0 Å². The minimum absolute atomic E-state index is 0.215. The summed E-state index contributed by atoms with van der Waals surface area (Å²) in [5.74, 6) is 2.72. The Morgan fingerprint density at radius 2 is 1.40 bits per heavy atom. The molecule has 0 saturated carbocycles. The zero-order valence-corrected chi connectivity index (χ0v) is 18.5. The van der Waals surface area contributed by atoms with Gasteiger partial charge in [-0.2, -0.15) is 0 Å². The highest BCUT2D eigenvalue weighted by Gasteiger charge is 2.40. The average molecular weight is 416 g/mol. The Kier molecular flexibility index (Phi) is 12.5. The Balaban J connectivity index is 2.22. The predicted octanol–water partition coefficient (Wildman–Crippen LogP) is 5.03. The van der Waals surface area contributed by atoms with Gasteiger partial charge in [-0.15, -0.1) is 5.92 Å². The fourth-order valence-corrected chi connectivity index (χ4v) is 3.10. The molecule has 0 fully saturated rings.